The summed E-state index contributed by atoms with van der Waals surface area (Å²) >= 11 is 1.73. The molecule has 1 N–H and O–H groups in total. The van der Waals surface area contributed by atoms with Crippen molar-refractivity contribution in [3.63, 3.8) is 0 Å². The summed E-state index contributed by atoms with van der Waals surface area (Å²) < 4.78 is 0. The standard InChI is InChI=1S/C12H19NOS/c1-9-8-15-12(13-9)6-11(7-14)10-4-2-3-5-10/h8,10-11,14H,2-7H2,1H3. The zero-order chi connectivity index (χ0) is 10.7. The van der Waals surface area contributed by atoms with E-state index < -0.39 is 0 Å². The molecule has 0 bridgehead atoms. The number of rotatable bonds is 4. The van der Waals surface area contributed by atoms with Gasteiger partial charge in [-0.1, -0.05) is 25.7 Å². The minimum absolute atomic E-state index is 0.323. The van der Waals surface area contributed by atoms with Crippen LogP contribution >= 0.6 is 11.3 Å². The van der Waals surface area contributed by atoms with E-state index in [-0.39, 0.29) is 0 Å². The molecule has 0 aliphatic heterocycles. The maximum Gasteiger partial charge on any atom is 0.0931 e. The molecule has 1 fully saturated rings. The molecule has 1 aliphatic rings. The Labute approximate surface area is 95.4 Å². The van der Waals surface area contributed by atoms with Crippen LogP contribution in [0.25, 0.3) is 0 Å². The Bertz CT molecular complexity index is 304. The highest BCUT2D eigenvalue weighted by molar-refractivity contribution is 7.09. The molecule has 1 unspecified atom stereocenters. The van der Waals surface area contributed by atoms with Crippen LogP contribution in [0, 0.1) is 18.8 Å². The van der Waals surface area contributed by atoms with Crippen molar-refractivity contribution in [3.8, 4) is 0 Å². The predicted octanol–water partition coefficient (Wildman–Crippen LogP) is 2.79. The third-order valence-electron chi connectivity index (χ3n) is 3.40. The van der Waals surface area contributed by atoms with Gasteiger partial charge in [0.1, 0.15) is 0 Å². The average Bonchev–Trinajstić information content (AvgIpc) is 2.85. The van der Waals surface area contributed by atoms with Crippen molar-refractivity contribution in [2.24, 2.45) is 11.8 Å². The van der Waals surface area contributed by atoms with Gasteiger partial charge in [0.05, 0.1) is 5.01 Å². The van der Waals surface area contributed by atoms with E-state index in [2.05, 4.69) is 10.4 Å². The van der Waals surface area contributed by atoms with Crippen LogP contribution in [-0.4, -0.2) is 16.7 Å². The van der Waals surface area contributed by atoms with Gasteiger partial charge in [0, 0.05) is 24.1 Å². The van der Waals surface area contributed by atoms with Crippen molar-refractivity contribution in [3.05, 3.63) is 16.1 Å². The van der Waals surface area contributed by atoms with Gasteiger partial charge in [-0.2, -0.15) is 0 Å². The van der Waals surface area contributed by atoms with E-state index >= 15 is 0 Å². The van der Waals surface area contributed by atoms with Gasteiger partial charge in [-0.05, 0) is 18.8 Å². The molecule has 0 spiro atoms. The van der Waals surface area contributed by atoms with Gasteiger partial charge in [-0.15, -0.1) is 11.3 Å². The second kappa shape index (κ2) is 5.08. The van der Waals surface area contributed by atoms with Gasteiger partial charge < -0.3 is 5.11 Å². The van der Waals surface area contributed by atoms with Crippen LogP contribution in [0.15, 0.2) is 5.38 Å². The number of aromatic nitrogens is 1. The fourth-order valence-electron chi connectivity index (χ4n) is 2.53. The molecule has 1 heterocycles. The van der Waals surface area contributed by atoms with Crippen LogP contribution in [0.1, 0.15) is 36.4 Å². The lowest BCUT2D eigenvalue weighted by molar-refractivity contribution is 0.175. The van der Waals surface area contributed by atoms with Crippen LogP contribution < -0.4 is 0 Å². The summed E-state index contributed by atoms with van der Waals surface area (Å²) in [6.07, 6.45) is 6.26. The van der Waals surface area contributed by atoms with E-state index in [0.29, 0.717) is 12.5 Å². The lowest BCUT2D eigenvalue weighted by Gasteiger charge is -2.19. The summed E-state index contributed by atoms with van der Waals surface area (Å²) in [4.78, 5) is 4.48. The topological polar surface area (TPSA) is 33.1 Å². The van der Waals surface area contributed by atoms with Gasteiger partial charge in [0.15, 0.2) is 0 Å². The van der Waals surface area contributed by atoms with Crippen LogP contribution in [0.2, 0.25) is 0 Å². The molecule has 3 heteroatoms. The minimum Gasteiger partial charge on any atom is -0.396 e. The van der Waals surface area contributed by atoms with Crippen molar-refractivity contribution in [2.75, 3.05) is 6.61 Å². The van der Waals surface area contributed by atoms with Gasteiger partial charge >= 0.3 is 0 Å². The summed E-state index contributed by atoms with van der Waals surface area (Å²) in [5, 5.41) is 12.7. The first-order valence-corrected chi connectivity index (χ1v) is 6.69. The van der Waals surface area contributed by atoms with E-state index in [1.54, 1.807) is 11.3 Å². The molecule has 0 radical (unpaired) electrons. The normalized spacial score (nSPS) is 19.6. The SMILES string of the molecule is Cc1csc(CC(CO)C2CCCC2)n1. The number of thiazole rings is 1. The number of aliphatic hydroxyl groups is 1. The fraction of sp³-hybridized carbons (Fsp3) is 0.750. The van der Waals surface area contributed by atoms with E-state index in [4.69, 9.17) is 0 Å². The number of aliphatic hydroxyl groups excluding tert-OH is 1. The molecule has 1 atom stereocenters. The highest BCUT2D eigenvalue weighted by atomic mass is 32.1. The molecular formula is C12H19NOS. The maximum atomic E-state index is 9.43. The first-order chi connectivity index (χ1) is 7.29. The van der Waals surface area contributed by atoms with Gasteiger partial charge in [0.2, 0.25) is 0 Å². The zero-order valence-electron chi connectivity index (χ0n) is 9.28. The van der Waals surface area contributed by atoms with E-state index in [9.17, 15) is 5.11 Å². The van der Waals surface area contributed by atoms with Gasteiger partial charge in [0.25, 0.3) is 0 Å². The smallest absolute Gasteiger partial charge is 0.0931 e. The van der Waals surface area contributed by atoms with Gasteiger partial charge in [-0.3, -0.25) is 0 Å². The van der Waals surface area contributed by atoms with Crippen LogP contribution in [-0.2, 0) is 6.42 Å². The van der Waals surface area contributed by atoms with Crippen molar-refractivity contribution in [2.45, 2.75) is 39.0 Å². The summed E-state index contributed by atoms with van der Waals surface area (Å²) in [6.45, 7) is 2.35. The molecule has 84 valence electrons. The number of hydrogen-bond acceptors (Lipinski definition) is 3. The van der Waals surface area contributed by atoms with Gasteiger partial charge in [-0.25, -0.2) is 4.98 Å². The predicted molar refractivity (Wildman–Crippen MR) is 63.1 cm³/mol. The highest BCUT2D eigenvalue weighted by Gasteiger charge is 2.25. The minimum atomic E-state index is 0.323. The monoisotopic (exact) mass is 225 g/mol. The Hall–Kier alpha value is -0.410. The molecular weight excluding hydrogens is 206 g/mol. The summed E-state index contributed by atoms with van der Waals surface area (Å²) in [6, 6.07) is 0. The number of hydrogen-bond donors (Lipinski definition) is 1. The van der Waals surface area contributed by atoms with Crippen LogP contribution in [0.5, 0.6) is 0 Å². The lowest BCUT2D eigenvalue weighted by Crippen LogP contribution is -2.18. The Balaban J connectivity index is 1.95. The molecule has 2 rings (SSSR count). The molecule has 1 aliphatic carbocycles. The Morgan fingerprint density at radius 2 is 2.27 bits per heavy atom. The third kappa shape index (κ3) is 2.79. The Kier molecular flexibility index (Phi) is 3.76. The summed E-state index contributed by atoms with van der Waals surface area (Å²) in [5.74, 6) is 1.18. The first kappa shape index (κ1) is 11.1. The van der Waals surface area contributed by atoms with E-state index in [0.717, 1.165) is 18.0 Å². The molecule has 0 amide bonds. The van der Waals surface area contributed by atoms with Crippen LogP contribution in [0.4, 0.5) is 0 Å². The molecule has 0 aromatic carbocycles. The zero-order valence-corrected chi connectivity index (χ0v) is 10.1. The van der Waals surface area contributed by atoms with Crippen molar-refractivity contribution in [1.82, 2.24) is 4.98 Å². The maximum absolute atomic E-state index is 9.43. The first-order valence-electron chi connectivity index (χ1n) is 5.81. The molecule has 2 nitrogen and oxygen atoms in total. The molecule has 1 aromatic heterocycles. The quantitative estimate of drug-likeness (QED) is 0.854. The Morgan fingerprint density at radius 1 is 1.53 bits per heavy atom. The van der Waals surface area contributed by atoms with Crippen molar-refractivity contribution < 1.29 is 5.11 Å². The summed E-state index contributed by atoms with van der Waals surface area (Å²) in [5.41, 5.74) is 1.11. The van der Waals surface area contributed by atoms with Crippen molar-refractivity contribution >= 4 is 11.3 Å². The summed E-state index contributed by atoms with van der Waals surface area (Å²) in [7, 11) is 0. The van der Waals surface area contributed by atoms with Crippen molar-refractivity contribution in [1.29, 1.82) is 0 Å². The molecule has 1 aromatic rings. The number of aryl methyl sites for hydroxylation is 1. The highest BCUT2D eigenvalue weighted by Crippen LogP contribution is 2.33. The third-order valence-corrected chi connectivity index (χ3v) is 4.39. The Morgan fingerprint density at radius 3 is 2.80 bits per heavy atom. The number of nitrogens with zero attached hydrogens (tertiary/aromatic N) is 1. The average molecular weight is 225 g/mol. The molecule has 15 heavy (non-hydrogen) atoms. The fourth-order valence-corrected chi connectivity index (χ4v) is 3.40. The lowest BCUT2D eigenvalue weighted by atomic mass is 9.89. The largest absolute Gasteiger partial charge is 0.396 e. The van der Waals surface area contributed by atoms with Crippen LogP contribution in [0.3, 0.4) is 0 Å². The second-order valence-electron chi connectivity index (χ2n) is 4.57. The van der Waals surface area contributed by atoms with E-state index in [1.807, 2.05) is 6.92 Å². The molecule has 1 saturated carbocycles. The molecule has 0 saturated heterocycles. The van der Waals surface area contributed by atoms with E-state index in [1.165, 1.54) is 30.7 Å². The second-order valence-corrected chi connectivity index (χ2v) is 5.52.